The molecule has 0 atom stereocenters. The fourth-order valence-electron chi connectivity index (χ4n) is 2.73. The lowest BCUT2D eigenvalue weighted by Gasteiger charge is -2.10. The van der Waals surface area contributed by atoms with E-state index >= 15 is 0 Å². The van der Waals surface area contributed by atoms with Gasteiger partial charge in [-0.1, -0.05) is 60.7 Å². The summed E-state index contributed by atoms with van der Waals surface area (Å²) >= 11 is 0. The van der Waals surface area contributed by atoms with Crippen molar-refractivity contribution in [2.45, 2.75) is 6.61 Å². The van der Waals surface area contributed by atoms with E-state index in [-0.39, 0.29) is 5.75 Å². The molecule has 0 spiro atoms. The summed E-state index contributed by atoms with van der Waals surface area (Å²) in [4.78, 5) is 9.24. The van der Waals surface area contributed by atoms with Gasteiger partial charge in [0.25, 0.3) is 0 Å². The SMILES string of the molecule is Oc1ccc(-c2nc(OCc3ccccc3)cc(-c3ccccc3)n2)cc1. The minimum atomic E-state index is 0.207. The first-order chi connectivity index (χ1) is 13.3. The van der Waals surface area contributed by atoms with Crippen LogP contribution >= 0.6 is 0 Å². The Balaban J connectivity index is 1.71. The minimum absolute atomic E-state index is 0.207. The molecule has 3 aromatic carbocycles. The molecule has 0 radical (unpaired) electrons. The van der Waals surface area contributed by atoms with Crippen LogP contribution in [-0.2, 0) is 6.61 Å². The molecule has 1 heterocycles. The molecule has 27 heavy (non-hydrogen) atoms. The predicted octanol–water partition coefficient (Wildman–Crippen LogP) is 5.10. The van der Waals surface area contributed by atoms with E-state index in [2.05, 4.69) is 9.97 Å². The van der Waals surface area contributed by atoms with Crippen LogP contribution in [0.25, 0.3) is 22.6 Å². The van der Waals surface area contributed by atoms with Gasteiger partial charge >= 0.3 is 0 Å². The van der Waals surface area contributed by atoms with Crippen LogP contribution in [0.4, 0.5) is 0 Å². The normalized spacial score (nSPS) is 10.5. The number of nitrogens with zero attached hydrogens (tertiary/aromatic N) is 2. The van der Waals surface area contributed by atoms with Crippen molar-refractivity contribution in [1.82, 2.24) is 9.97 Å². The van der Waals surface area contributed by atoms with E-state index in [0.717, 1.165) is 22.4 Å². The number of aromatic nitrogens is 2. The van der Waals surface area contributed by atoms with E-state index < -0.39 is 0 Å². The standard InChI is InChI=1S/C23H18N2O2/c26-20-13-11-19(12-14-20)23-24-21(18-9-5-2-6-10-18)15-22(25-23)27-16-17-7-3-1-4-8-17/h1-15,26H,16H2. The average molecular weight is 354 g/mol. The molecule has 0 unspecified atom stereocenters. The lowest BCUT2D eigenvalue weighted by Crippen LogP contribution is -2.00. The number of hydrogen-bond acceptors (Lipinski definition) is 4. The molecule has 132 valence electrons. The first kappa shape index (κ1) is 16.8. The van der Waals surface area contributed by atoms with Gasteiger partial charge in [0.2, 0.25) is 5.88 Å². The van der Waals surface area contributed by atoms with Gasteiger partial charge in [0.05, 0.1) is 5.69 Å². The molecule has 4 rings (SSSR count). The Kier molecular flexibility index (Phi) is 4.79. The van der Waals surface area contributed by atoms with Crippen LogP contribution in [0.15, 0.2) is 91.0 Å². The van der Waals surface area contributed by atoms with Crippen molar-refractivity contribution in [3.8, 4) is 34.3 Å². The Bertz CT molecular complexity index is 1020. The van der Waals surface area contributed by atoms with Crippen molar-refractivity contribution < 1.29 is 9.84 Å². The van der Waals surface area contributed by atoms with Crippen molar-refractivity contribution >= 4 is 0 Å². The van der Waals surface area contributed by atoms with Gasteiger partial charge in [-0.25, -0.2) is 4.98 Å². The average Bonchev–Trinajstić information content (AvgIpc) is 2.74. The molecule has 0 aliphatic rings. The summed E-state index contributed by atoms with van der Waals surface area (Å²) in [7, 11) is 0. The molecule has 0 aliphatic carbocycles. The second-order valence-corrected chi connectivity index (χ2v) is 6.10. The van der Waals surface area contributed by atoms with E-state index in [1.165, 1.54) is 0 Å². The molecule has 4 heteroatoms. The summed E-state index contributed by atoms with van der Waals surface area (Å²) in [5, 5.41) is 9.54. The zero-order valence-electron chi connectivity index (χ0n) is 14.6. The van der Waals surface area contributed by atoms with Gasteiger partial charge in [-0.2, -0.15) is 4.98 Å². The van der Waals surface area contributed by atoms with E-state index in [4.69, 9.17) is 4.74 Å². The van der Waals surface area contributed by atoms with Crippen LogP contribution in [0, 0.1) is 0 Å². The first-order valence-corrected chi connectivity index (χ1v) is 8.68. The van der Waals surface area contributed by atoms with Gasteiger partial charge in [-0.15, -0.1) is 0 Å². The van der Waals surface area contributed by atoms with Crippen LogP contribution in [0.5, 0.6) is 11.6 Å². The molecule has 1 N–H and O–H groups in total. The number of phenolic OH excluding ortho intramolecular Hbond substituents is 1. The number of phenols is 1. The molecule has 1 aromatic heterocycles. The maximum atomic E-state index is 9.54. The third-order valence-electron chi connectivity index (χ3n) is 4.13. The van der Waals surface area contributed by atoms with Gasteiger partial charge in [-0.05, 0) is 29.8 Å². The Morgan fingerprint density at radius 3 is 2.07 bits per heavy atom. The van der Waals surface area contributed by atoms with Gasteiger partial charge in [0.15, 0.2) is 5.82 Å². The summed E-state index contributed by atoms with van der Waals surface area (Å²) in [5.74, 6) is 1.27. The van der Waals surface area contributed by atoms with Crippen molar-refractivity contribution in [2.75, 3.05) is 0 Å². The van der Waals surface area contributed by atoms with Crippen LogP contribution in [0.2, 0.25) is 0 Å². The zero-order valence-corrected chi connectivity index (χ0v) is 14.6. The first-order valence-electron chi connectivity index (χ1n) is 8.68. The van der Waals surface area contributed by atoms with Crippen LogP contribution in [-0.4, -0.2) is 15.1 Å². The third-order valence-corrected chi connectivity index (χ3v) is 4.13. The highest BCUT2D eigenvalue weighted by molar-refractivity contribution is 5.65. The molecule has 0 saturated carbocycles. The van der Waals surface area contributed by atoms with Gasteiger partial charge in [0.1, 0.15) is 12.4 Å². The maximum Gasteiger partial charge on any atom is 0.217 e. The summed E-state index contributed by atoms with van der Waals surface area (Å²) in [6.45, 7) is 0.432. The molecule has 0 aliphatic heterocycles. The van der Waals surface area contributed by atoms with Crippen LogP contribution < -0.4 is 4.74 Å². The van der Waals surface area contributed by atoms with E-state index in [0.29, 0.717) is 18.3 Å². The van der Waals surface area contributed by atoms with Gasteiger partial charge < -0.3 is 9.84 Å². The Morgan fingerprint density at radius 1 is 0.704 bits per heavy atom. The summed E-state index contributed by atoms with van der Waals surface area (Å²) in [6.07, 6.45) is 0. The van der Waals surface area contributed by atoms with E-state index in [1.54, 1.807) is 24.3 Å². The Hall–Kier alpha value is -3.66. The second-order valence-electron chi connectivity index (χ2n) is 6.10. The van der Waals surface area contributed by atoms with E-state index in [9.17, 15) is 5.11 Å². The quantitative estimate of drug-likeness (QED) is 0.542. The topological polar surface area (TPSA) is 55.2 Å². The largest absolute Gasteiger partial charge is 0.508 e. The van der Waals surface area contributed by atoms with Crippen molar-refractivity contribution in [1.29, 1.82) is 0 Å². The number of ether oxygens (including phenoxy) is 1. The minimum Gasteiger partial charge on any atom is -0.508 e. The number of hydrogen-bond donors (Lipinski definition) is 1. The van der Waals surface area contributed by atoms with Gasteiger partial charge in [0, 0.05) is 17.2 Å². The number of aromatic hydroxyl groups is 1. The Labute approximate surface area is 157 Å². The highest BCUT2D eigenvalue weighted by Crippen LogP contribution is 2.26. The fraction of sp³-hybridized carbons (Fsp3) is 0.0435. The van der Waals surface area contributed by atoms with Crippen molar-refractivity contribution in [3.05, 3.63) is 96.6 Å². The summed E-state index contributed by atoms with van der Waals surface area (Å²) in [6, 6.07) is 28.6. The Morgan fingerprint density at radius 2 is 1.37 bits per heavy atom. The molecular weight excluding hydrogens is 336 g/mol. The summed E-state index contributed by atoms with van der Waals surface area (Å²) < 4.78 is 5.94. The highest BCUT2D eigenvalue weighted by atomic mass is 16.5. The lowest BCUT2D eigenvalue weighted by atomic mass is 10.1. The smallest absolute Gasteiger partial charge is 0.217 e. The van der Waals surface area contributed by atoms with Crippen LogP contribution in [0.1, 0.15) is 5.56 Å². The van der Waals surface area contributed by atoms with Gasteiger partial charge in [-0.3, -0.25) is 0 Å². The van der Waals surface area contributed by atoms with Crippen molar-refractivity contribution in [2.24, 2.45) is 0 Å². The summed E-state index contributed by atoms with van der Waals surface area (Å²) in [5.41, 5.74) is 3.67. The molecule has 0 fully saturated rings. The lowest BCUT2D eigenvalue weighted by molar-refractivity contribution is 0.294. The maximum absolute atomic E-state index is 9.54. The fourth-order valence-corrected chi connectivity index (χ4v) is 2.73. The molecule has 0 bridgehead atoms. The molecule has 0 amide bonds. The third kappa shape index (κ3) is 4.12. The monoisotopic (exact) mass is 354 g/mol. The predicted molar refractivity (Wildman–Crippen MR) is 105 cm³/mol. The molecule has 0 saturated heterocycles. The molecular formula is C23H18N2O2. The van der Waals surface area contributed by atoms with E-state index in [1.807, 2.05) is 66.7 Å². The van der Waals surface area contributed by atoms with Crippen LogP contribution in [0.3, 0.4) is 0 Å². The second kappa shape index (κ2) is 7.70. The highest BCUT2D eigenvalue weighted by Gasteiger charge is 2.10. The number of benzene rings is 3. The number of rotatable bonds is 5. The molecule has 4 aromatic rings. The van der Waals surface area contributed by atoms with Crippen molar-refractivity contribution in [3.63, 3.8) is 0 Å². The molecule has 4 nitrogen and oxygen atoms in total. The zero-order chi connectivity index (χ0) is 18.5.